The molecule has 4 aliphatic rings. The molecule has 0 amide bonds. The zero-order valence-electron chi connectivity index (χ0n) is 20.3. The number of ether oxygens (including phenoxy) is 3. The lowest BCUT2D eigenvalue weighted by Gasteiger charge is -2.40. The summed E-state index contributed by atoms with van der Waals surface area (Å²) in [6.07, 6.45) is 7.44. The first-order valence-corrected chi connectivity index (χ1v) is 12.2. The van der Waals surface area contributed by atoms with E-state index in [9.17, 15) is 9.90 Å². The molecule has 2 aromatic rings. The highest BCUT2D eigenvalue weighted by atomic mass is 16.5. The molecule has 0 bridgehead atoms. The first-order valence-electron chi connectivity index (χ1n) is 12.2. The Morgan fingerprint density at radius 2 is 1.91 bits per heavy atom. The summed E-state index contributed by atoms with van der Waals surface area (Å²) in [5, 5.41) is 11.9. The molecule has 1 fully saturated rings. The van der Waals surface area contributed by atoms with E-state index in [1.54, 1.807) is 0 Å². The number of benzene rings is 2. The van der Waals surface area contributed by atoms with Crippen LogP contribution < -0.4 is 4.74 Å². The van der Waals surface area contributed by atoms with Crippen LogP contribution in [0.15, 0.2) is 58.5 Å². The number of allylic oxidation sites excluding steroid dienone is 2. The Kier molecular flexibility index (Phi) is 5.02. The van der Waals surface area contributed by atoms with Crippen LogP contribution >= 0.6 is 0 Å². The minimum atomic E-state index is -0.865. The molecule has 0 aromatic heterocycles. The largest absolute Gasteiger partial charge is 0.497 e. The van der Waals surface area contributed by atoms with Crippen LogP contribution in [-0.4, -0.2) is 42.1 Å². The molecule has 35 heavy (non-hydrogen) atoms. The molecule has 1 N–H and O–H groups in total. The first-order chi connectivity index (χ1) is 16.8. The maximum Gasteiger partial charge on any atom is 0.307 e. The average molecular weight is 472 g/mol. The number of aliphatic imine (C=N–C) groups is 1. The van der Waals surface area contributed by atoms with E-state index in [-0.39, 0.29) is 18.4 Å². The fourth-order valence-electron chi connectivity index (χ4n) is 5.84. The van der Waals surface area contributed by atoms with Crippen LogP contribution in [0.25, 0.3) is 16.3 Å². The van der Waals surface area contributed by atoms with Gasteiger partial charge in [-0.15, -0.1) is 0 Å². The van der Waals surface area contributed by atoms with Crippen molar-refractivity contribution in [3.8, 4) is 5.75 Å². The van der Waals surface area contributed by atoms with E-state index in [1.165, 1.54) is 5.57 Å². The van der Waals surface area contributed by atoms with E-state index in [0.717, 1.165) is 51.0 Å². The molecule has 6 rings (SSSR count). The molecule has 2 aromatic carbocycles. The molecular formula is C29H29NO5. The molecule has 1 saturated heterocycles. The van der Waals surface area contributed by atoms with Crippen molar-refractivity contribution in [3.63, 3.8) is 0 Å². The maximum atomic E-state index is 12.1. The number of nitrogens with zero attached hydrogens (tertiary/aromatic N) is 1. The summed E-state index contributed by atoms with van der Waals surface area (Å²) in [6.45, 7) is 7.25. The van der Waals surface area contributed by atoms with E-state index >= 15 is 0 Å². The summed E-state index contributed by atoms with van der Waals surface area (Å²) in [7, 11) is 0. The van der Waals surface area contributed by atoms with E-state index in [0.29, 0.717) is 25.4 Å². The van der Waals surface area contributed by atoms with Gasteiger partial charge in [-0.3, -0.25) is 9.79 Å². The molecule has 2 atom stereocenters. The molecule has 3 heterocycles. The zero-order chi connectivity index (χ0) is 24.3. The van der Waals surface area contributed by atoms with E-state index in [1.807, 2.05) is 45.2 Å². The fourth-order valence-corrected chi connectivity index (χ4v) is 5.84. The summed E-state index contributed by atoms with van der Waals surface area (Å²) in [5.74, 6) is 1.51. The highest BCUT2D eigenvalue weighted by molar-refractivity contribution is 6.03. The van der Waals surface area contributed by atoms with Gasteiger partial charge < -0.3 is 19.3 Å². The van der Waals surface area contributed by atoms with Gasteiger partial charge in [0.25, 0.3) is 0 Å². The van der Waals surface area contributed by atoms with Gasteiger partial charge in [-0.2, -0.15) is 0 Å². The molecule has 180 valence electrons. The molecule has 6 heteroatoms. The Morgan fingerprint density at radius 3 is 2.69 bits per heavy atom. The van der Waals surface area contributed by atoms with Crippen molar-refractivity contribution in [3.05, 3.63) is 70.2 Å². The Bertz CT molecular complexity index is 1370. The summed E-state index contributed by atoms with van der Waals surface area (Å²) in [4.78, 5) is 17.1. The summed E-state index contributed by atoms with van der Waals surface area (Å²) < 4.78 is 18.7. The lowest BCUT2D eigenvalue weighted by molar-refractivity contribution is -0.136. The Balaban J connectivity index is 1.71. The van der Waals surface area contributed by atoms with E-state index in [2.05, 4.69) is 18.2 Å². The number of aliphatic carboxylic acids is 1. The van der Waals surface area contributed by atoms with Gasteiger partial charge in [0.1, 0.15) is 22.9 Å². The molecule has 2 unspecified atom stereocenters. The molecule has 0 radical (unpaired) electrons. The van der Waals surface area contributed by atoms with Gasteiger partial charge in [0.2, 0.25) is 0 Å². The Hall–Kier alpha value is -3.54. The van der Waals surface area contributed by atoms with Gasteiger partial charge in [-0.25, -0.2) is 0 Å². The lowest BCUT2D eigenvalue weighted by Crippen LogP contribution is -2.36. The van der Waals surface area contributed by atoms with Crippen molar-refractivity contribution >= 4 is 28.5 Å². The highest BCUT2D eigenvalue weighted by Gasteiger charge is 2.43. The topological polar surface area (TPSA) is 77.4 Å². The number of carbonyl (C=O) groups is 1. The predicted octanol–water partition coefficient (Wildman–Crippen LogP) is 5.24. The van der Waals surface area contributed by atoms with Crippen LogP contribution in [0, 0.1) is 5.92 Å². The molecule has 3 aliphatic heterocycles. The Labute approximate surface area is 204 Å². The van der Waals surface area contributed by atoms with Gasteiger partial charge in [0.15, 0.2) is 0 Å². The van der Waals surface area contributed by atoms with Gasteiger partial charge >= 0.3 is 5.97 Å². The minimum absolute atomic E-state index is 0.00277. The summed E-state index contributed by atoms with van der Waals surface area (Å²) in [6, 6.07) is 7.86. The minimum Gasteiger partial charge on any atom is -0.497 e. The second-order valence-corrected chi connectivity index (χ2v) is 10.5. The average Bonchev–Trinajstić information content (AvgIpc) is 3.30. The van der Waals surface area contributed by atoms with Crippen molar-refractivity contribution in [2.75, 3.05) is 13.2 Å². The SMILES string of the molecule is CC(C)(C)OC1=C(c2c(CC(=O)O)c3c(c4ccccc24)OCC3)C2N=CC=C3CCOC(=C1)C32. The number of hydrogen-bond acceptors (Lipinski definition) is 5. The highest BCUT2D eigenvalue weighted by Crippen LogP contribution is 2.51. The maximum absolute atomic E-state index is 12.1. The number of carboxylic acid groups (broad SMARTS) is 1. The van der Waals surface area contributed by atoms with Crippen molar-refractivity contribution < 1.29 is 24.1 Å². The van der Waals surface area contributed by atoms with Crippen LogP contribution in [0.4, 0.5) is 0 Å². The van der Waals surface area contributed by atoms with Gasteiger partial charge in [0.05, 0.1) is 31.6 Å². The number of carboxylic acids is 1. The third-order valence-corrected chi connectivity index (χ3v) is 7.04. The van der Waals surface area contributed by atoms with E-state index < -0.39 is 11.6 Å². The summed E-state index contributed by atoms with van der Waals surface area (Å²) >= 11 is 0. The van der Waals surface area contributed by atoms with Crippen LogP contribution in [0.1, 0.15) is 43.9 Å². The summed E-state index contributed by atoms with van der Waals surface area (Å²) in [5.41, 5.74) is 4.46. The van der Waals surface area contributed by atoms with Crippen molar-refractivity contribution in [2.45, 2.75) is 51.7 Å². The van der Waals surface area contributed by atoms with Crippen molar-refractivity contribution in [1.82, 2.24) is 0 Å². The third-order valence-electron chi connectivity index (χ3n) is 7.04. The Morgan fingerprint density at radius 1 is 1.14 bits per heavy atom. The molecular weight excluding hydrogens is 442 g/mol. The van der Waals surface area contributed by atoms with Crippen LogP contribution in [0.2, 0.25) is 0 Å². The second kappa shape index (κ2) is 8.01. The van der Waals surface area contributed by atoms with E-state index in [4.69, 9.17) is 19.2 Å². The fraction of sp³-hybridized carbons (Fsp3) is 0.379. The first kappa shape index (κ1) is 22.0. The van der Waals surface area contributed by atoms with Crippen LogP contribution in [0.5, 0.6) is 5.75 Å². The third kappa shape index (κ3) is 3.63. The van der Waals surface area contributed by atoms with Crippen molar-refractivity contribution in [1.29, 1.82) is 0 Å². The monoisotopic (exact) mass is 471 g/mol. The molecule has 0 saturated carbocycles. The molecule has 1 aliphatic carbocycles. The van der Waals surface area contributed by atoms with Crippen LogP contribution in [0.3, 0.4) is 0 Å². The second-order valence-electron chi connectivity index (χ2n) is 10.5. The number of hydrogen-bond donors (Lipinski definition) is 1. The number of fused-ring (bicyclic) bond motifs is 3. The zero-order valence-corrected chi connectivity index (χ0v) is 20.3. The number of dihydropyridines is 1. The normalized spacial score (nSPS) is 22.6. The quantitative estimate of drug-likeness (QED) is 0.660. The lowest BCUT2D eigenvalue weighted by atomic mass is 9.73. The predicted molar refractivity (Wildman–Crippen MR) is 135 cm³/mol. The van der Waals surface area contributed by atoms with Gasteiger partial charge in [-0.05, 0) is 43.4 Å². The van der Waals surface area contributed by atoms with Crippen molar-refractivity contribution in [2.24, 2.45) is 10.9 Å². The molecule has 6 nitrogen and oxygen atoms in total. The smallest absolute Gasteiger partial charge is 0.307 e. The molecule has 0 spiro atoms. The van der Waals surface area contributed by atoms with Gasteiger partial charge in [0, 0.05) is 41.7 Å². The number of rotatable bonds is 4. The standard InChI is InChI=1S/C29H29NO5/c1-29(2,3)35-22-15-21-24-16(9-12-33-21)8-11-30-27(24)26(22)25-17-6-4-5-7-18(17)28-19(10-13-34-28)20(25)14-23(31)32/h4-8,11,15,24,27H,9-10,12-14H2,1-3H3,(H,31,32). The van der Waals surface area contributed by atoms with Crippen LogP contribution in [-0.2, 0) is 27.1 Å². The van der Waals surface area contributed by atoms with Gasteiger partial charge in [-0.1, -0.05) is 29.8 Å².